The molecule has 1 aromatic carbocycles. The number of amides is 1. The summed E-state index contributed by atoms with van der Waals surface area (Å²) in [5, 5.41) is 0. The lowest BCUT2D eigenvalue weighted by Gasteiger charge is -2.40. The Hall–Kier alpha value is -1.46. The number of carbonyl (C=O) groups is 1. The smallest absolute Gasteiger partial charge is 0.219 e. The van der Waals surface area contributed by atoms with Gasteiger partial charge in [-0.15, -0.1) is 0 Å². The lowest BCUT2D eigenvalue weighted by molar-refractivity contribution is -0.130. The largest absolute Gasteiger partial charge is 0.343 e. The van der Waals surface area contributed by atoms with Gasteiger partial charge in [-0.05, 0) is 63.2 Å². The predicted molar refractivity (Wildman–Crippen MR) is 107 cm³/mol. The lowest BCUT2D eigenvalue weighted by atomic mass is 9.95. The zero-order valence-corrected chi connectivity index (χ0v) is 16.9. The molecule has 3 rings (SSSR count). The van der Waals surface area contributed by atoms with E-state index in [1.807, 2.05) is 17.0 Å². The number of piperidine rings is 2. The Morgan fingerprint density at radius 3 is 2.63 bits per heavy atom. The highest BCUT2D eigenvalue weighted by Crippen LogP contribution is 2.22. The second-order valence-electron chi connectivity index (χ2n) is 8.33. The van der Waals surface area contributed by atoms with Crippen LogP contribution >= 0.6 is 0 Å². The Morgan fingerprint density at radius 2 is 1.93 bits per heavy atom. The van der Waals surface area contributed by atoms with E-state index in [0.29, 0.717) is 12.0 Å². The van der Waals surface area contributed by atoms with Crippen molar-refractivity contribution in [3.8, 4) is 0 Å². The van der Waals surface area contributed by atoms with Gasteiger partial charge >= 0.3 is 0 Å². The highest BCUT2D eigenvalue weighted by atomic mass is 19.1. The van der Waals surface area contributed by atoms with Gasteiger partial charge in [0.15, 0.2) is 0 Å². The van der Waals surface area contributed by atoms with Gasteiger partial charge in [0.2, 0.25) is 5.91 Å². The molecule has 4 nitrogen and oxygen atoms in total. The maximum Gasteiger partial charge on any atom is 0.219 e. The molecule has 27 heavy (non-hydrogen) atoms. The van der Waals surface area contributed by atoms with Crippen molar-refractivity contribution in [2.75, 3.05) is 46.3 Å². The van der Waals surface area contributed by atoms with Crippen LogP contribution in [0.2, 0.25) is 0 Å². The molecule has 0 unspecified atom stereocenters. The van der Waals surface area contributed by atoms with Crippen molar-refractivity contribution < 1.29 is 9.18 Å². The van der Waals surface area contributed by atoms with E-state index < -0.39 is 0 Å². The summed E-state index contributed by atoms with van der Waals surface area (Å²) in [5.74, 6) is 0.812. The number of hydrogen-bond donors (Lipinski definition) is 0. The van der Waals surface area contributed by atoms with Gasteiger partial charge in [-0.1, -0.05) is 18.2 Å². The second kappa shape index (κ2) is 9.65. The third kappa shape index (κ3) is 5.76. The number of halogens is 1. The number of rotatable bonds is 6. The van der Waals surface area contributed by atoms with Gasteiger partial charge in [-0.3, -0.25) is 4.79 Å². The average Bonchev–Trinajstić information content (AvgIpc) is 2.68. The maximum absolute atomic E-state index is 13.8. The summed E-state index contributed by atoms with van der Waals surface area (Å²) in [4.78, 5) is 18.5. The molecule has 0 saturated carbocycles. The highest BCUT2D eigenvalue weighted by Gasteiger charge is 2.27. The highest BCUT2D eigenvalue weighted by molar-refractivity contribution is 5.73. The second-order valence-corrected chi connectivity index (χ2v) is 8.33. The topological polar surface area (TPSA) is 26.8 Å². The Bertz CT molecular complexity index is 615. The monoisotopic (exact) mass is 375 g/mol. The fraction of sp³-hybridized carbons (Fsp3) is 0.682. The molecule has 5 heteroatoms. The predicted octanol–water partition coefficient (Wildman–Crippen LogP) is 3.02. The van der Waals surface area contributed by atoms with Crippen LogP contribution in [0.3, 0.4) is 0 Å². The maximum atomic E-state index is 13.8. The zero-order chi connectivity index (χ0) is 19.2. The Morgan fingerprint density at radius 1 is 1.19 bits per heavy atom. The molecule has 1 aromatic rings. The fourth-order valence-electron chi connectivity index (χ4n) is 4.66. The molecular weight excluding hydrogens is 341 g/mol. The molecule has 0 radical (unpaired) electrons. The van der Waals surface area contributed by atoms with Crippen molar-refractivity contribution in [3.05, 3.63) is 35.6 Å². The van der Waals surface area contributed by atoms with Crippen molar-refractivity contribution in [1.82, 2.24) is 14.7 Å². The minimum atomic E-state index is -0.0808. The van der Waals surface area contributed by atoms with Gasteiger partial charge in [0.05, 0.1) is 0 Å². The first kappa shape index (κ1) is 20.3. The summed E-state index contributed by atoms with van der Waals surface area (Å²) < 4.78 is 13.8. The van der Waals surface area contributed by atoms with Gasteiger partial charge in [-0.2, -0.15) is 0 Å². The van der Waals surface area contributed by atoms with E-state index in [2.05, 4.69) is 16.8 Å². The number of nitrogens with zero attached hydrogens (tertiary/aromatic N) is 3. The Labute approximate surface area is 163 Å². The van der Waals surface area contributed by atoms with E-state index in [9.17, 15) is 9.18 Å². The standard InChI is InChI=1S/C22H34FN3O/c1-18(27)26-14-10-21(11-15-26)24(2)16-19-6-5-12-25(17-19)13-9-20-7-3-4-8-22(20)23/h3-4,7-8,19,21H,5-6,9-17H2,1-2H3/t19-/m0/s1. The van der Waals surface area contributed by atoms with Crippen LogP contribution in [0.4, 0.5) is 4.39 Å². The molecule has 2 aliphatic heterocycles. The quantitative estimate of drug-likeness (QED) is 0.765. The molecule has 150 valence electrons. The molecule has 0 N–H and O–H groups in total. The summed E-state index contributed by atoms with van der Waals surface area (Å²) in [6, 6.07) is 7.73. The minimum absolute atomic E-state index is 0.0808. The van der Waals surface area contributed by atoms with Crippen LogP contribution in [0.15, 0.2) is 24.3 Å². The van der Waals surface area contributed by atoms with Gasteiger partial charge in [0.1, 0.15) is 5.82 Å². The first-order valence-corrected chi connectivity index (χ1v) is 10.4. The molecule has 1 atom stereocenters. The van der Waals surface area contributed by atoms with Gasteiger partial charge in [0.25, 0.3) is 0 Å². The normalized spacial score (nSPS) is 22.4. The van der Waals surface area contributed by atoms with Crippen LogP contribution in [0, 0.1) is 11.7 Å². The molecule has 0 aromatic heterocycles. The Kier molecular flexibility index (Phi) is 7.25. The number of benzene rings is 1. The summed E-state index contributed by atoms with van der Waals surface area (Å²) >= 11 is 0. The van der Waals surface area contributed by atoms with Crippen LogP contribution in [0.1, 0.15) is 38.2 Å². The molecule has 0 bridgehead atoms. The van der Waals surface area contributed by atoms with Gasteiger partial charge < -0.3 is 14.7 Å². The summed E-state index contributed by atoms with van der Waals surface area (Å²) in [6.07, 6.45) is 5.48. The fourth-order valence-corrected chi connectivity index (χ4v) is 4.66. The van der Waals surface area contributed by atoms with Crippen LogP contribution in [-0.4, -0.2) is 73.0 Å². The summed E-state index contributed by atoms with van der Waals surface area (Å²) in [7, 11) is 2.24. The number of likely N-dealkylation sites (tertiary alicyclic amines) is 2. The van der Waals surface area contributed by atoms with Gasteiger partial charge in [0, 0.05) is 45.7 Å². The van der Waals surface area contributed by atoms with E-state index in [-0.39, 0.29) is 11.7 Å². The molecule has 1 amide bonds. The number of carbonyl (C=O) groups excluding carboxylic acids is 1. The first-order chi connectivity index (χ1) is 13.0. The van der Waals surface area contributed by atoms with Gasteiger partial charge in [-0.25, -0.2) is 4.39 Å². The zero-order valence-electron chi connectivity index (χ0n) is 16.9. The molecular formula is C22H34FN3O. The molecule has 2 saturated heterocycles. The lowest BCUT2D eigenvalue weighted by Crippen LogP contribution is -2.48. The van der Waals surface area contributed by atoms with Crippen molar-refractivity contribution >= 4 is 5.91 Å². The third-order valence-corrected chi connectivity index (χ3v) is 6.34. The van der Waals surface area contributed by atoms with E-state index in [0.717, 1.165) is 64.1 Å². The van der Waals surface area contributed by atoms with Crippen molar-refractivity contribution in [3.63, 3.8) is 0 Å². The summed E-state index contributed by atoms with van der Waals surface area (Å²) in [5.41, 5.74) is 0.828. The van der Waals surface area contributed by atoms with Crippen molar-refractivity contribution in [1.29, 1.82) is 0 Å². The molecule has 2 aliphatic rings. The van der Waals surface area contributed by atoms with Crippen LogP contribution < -0.4 is 0 Å². The van der Waals surface area contributed by atoms with Crippen molar-refractivity contribution in [2.45, 2.75) is 45.1 Å². The van der Waals surface area contributed by atoms with Crippen molar-refractivity contribution in [2.24, 2.45) is 5.92 Å². The van der Waals surface area contributed by atoms with Crippen LogP contribution in [-0.2, 0) is 11.2 Å². The Balaban J connectivity index is 1.43. The molecule has 2 heterocycles. The van der Waals surface area contributed by atoms with E-state index in [4.69, 9.17) is 0 Å². The van der Waals surface area contributed by atoms with E-state index in [1.54, 1.807) is 19.1 Å². The van der Waals surface area contributed by atoms with E-state index >= 15 is 0 Å². The van der Waals surface area contributed by atoms with Crippen LogP contribution in [0.25, 0.3) is 0 Å². The van der Waals surface area contributed by atoms with Crippen LogP contribution in [0.5, 0.6) is 0 Å². The van der Waals surface area contributed by atoms with E-state index in [1.165, 1.54) is 12.8 Å². The average molecular weight is 376 g/mol. The number of hydrogen-bond acceptors (Lipinski definition) is 3. The molecule has 0 spiro atoms. The third-order valence-electron chi connectivity index (χ3n) is 6.34. The summed E-state index contributed by atoms with van der Waals surface area (Å²) in [6.45, 7) is 7.77. The SMILES string of the molecule is CC(=O)N1CCC(N(C)C[C@@H]2CCCN(CCc3ccccc3F)C2)CC1. The minimum Gasteiger partial charge on any atom is -0.343 e. The first-order valence-electron chi connectivity index (χ1n) is 10.4. The molecule has 2 fully saturated rings. The molecule has 0 aliphatic carbocycles.